The van der Waals surface area contributed by atoms with Gasteiger partial charge in [0, 0.05) is 6.61 Å². The summed E-state index contributed by atoms with van der Waals surface area (Å²) in [6, 6.07) is 9.13. The molecule has 0 aliphatic rings. The third kappa shape index (κ3) is 4.48. The molecule has 0 unspecified atom stereocenters. The van der Waals surface area contributed by atoms with Crippen molar-refractivity contribution in [3.05, 3.63) is 29.8 Å². The first-order valence-electron chi connectivity index (χ1n) is 5.10. The molecular weight excluding hydrogens is 190 g/mol. The van der Waals surface area contributed by atoms with Gasteiger partial charge in [0.2, 0.25) is 0 Å². The van der Waals surface area contributed by atoms with Crippen molar-refractivity contribution in [1.29, 1.82) is 5.26 Å². The smallest absolute Gasteiger partial charge is 0.119 e. The molecule has 1 rings (SSSR count). The van der Waals surface area contributed by atoms with Crippen LogP contribution < -0.4 is 4.74 Å². The van der Waals surface area contributed by atoms with Gasteiger partial charge in [-0.1, -0.05) is 0 Å². The van der Waals surface area contributed by atoms with Gasteiger partial charge in [-0.15, -0.1) is 0 Å². The highest BCUT2D eigenvalue weighted by atomic mass is 16.5. The average Bonchev–Trinajstić information content (AvgIpc) is 2.30. The van der Waals surface area contributed by atoms with Crippen molar-refractivity contribution >= 4 is 0 Å². The van der Waals surface area contributed by atoms with Crippen molar-refractivity contribution in [1.82, 2.24) is 0 Å². The van der Waals surface area contributed by atoms with E-state index in [1.54, 1.807) is 24.3 Å². The molecule has 0 saturated heterocycles. The summed E-state index contributed by atoms with van der Waals surface area (Å²) in [6.07, 6.45) is 2.75. The summed E-state index contributed by atoms with van der Waals surface area (Å²) in [5.74, 6) is 0.790. The largest absolute Gasteiger partial charge is 0.494 e. The highest BCUT2D eigenvalue weighted by Crippen LogP contribution is 2.12. The Morgan fingerprint density at radius 1 is 1.13 bits per heavy atom. The molecule has 0 heterocycles. The van der Waals surface area contributed by atoms with Crippen molar-refractivity contribution in [2.45, 2.75) is 19.3 Å². The van der Waals surface area contributed by atoms with Gasteiger partial charge in [-0.05, 0) is 43.5 Å². The van der Waals surface area contributed by atoms with E-state index in [-0.39, 0.29) is 6.61 Å². The summed E-state index contributed by atoms with van der Waals surface area (Å²) >= 11 is 0. The number of aliphatic hydroxyl groups excluding tert-OH is 1. The Labute approximate surface area is 89.9 Å². The van der Waals surface area contributed by atoms with Gasteiger partial charge in [-0.2, -0.15) is 5.26 Å². The quantitative estimate of drug-likeness (QED) is 0.723. The van der Waals surface area contributed by atoms with Gasteiger partial charge in [0.1, 0.15) is 5.75 Å². The zero-order chi connectivity index (χ0) is 10.9. The molecule has 3 nitrogen and oxygen atoms in total. The Morgan fingerprint density at radius 3 is 2.47 bits per heavy atom. The second kappa shape index (κ2) is 6.86. The molecule has 1 N–H and O–H groups in total. The van der Waals surface area contributed by atoms with Gasteiger partial charge in [-0.3, -0.25) is 0 Å². The Bertz CT molecular complexity index is 313. The molecule has 80 valence electrons. The summed E-state index contributed by atoms with van der Waals surface area (Å²) in [5, 5.41) is 17.2. The minimum atomic E-state index is 0.247. The van der Waals surface area contributed by atoms with Crippen LogP contribution in [0.5, 0.6) is 5.75 Å². The molecular formula is C12H15NO2. The number of rotatable bonds is 6. The lowest BCUT2D eigenvalue weighted by molar-refractivity contribution is 0.266. The van der Waals surface area contributed by atoms with E-state index >= 15 is 0 Å². The molecule has 15 heavy (non-hydrogen) atoms. The fourth-order valence-electron chi connectivity index (χ4n) is 1.21. The van der Waals surface area contributed by atoms with E-state index in [1.165, 1.54) is 0 Å². The van der Waals surface area contributed by atoms with Gasteiger partial charge in [0.25, 0.3) is 0 Å². The molecule has 0 fully saturated rings. The van der Waals surface area contributed by atoms with Crippen LogP contribution in [-0.4, -0.2) is 18.3 Å². The molecule has 1 aromatic carbocycles. The number of unbranched alkanes of at least 4 members (excludes halogenated alkanes) is 2. The Morgan fingerprint density at radius 2 is 1.87 bits per heavy atom. The number of benzene rings is 1. The van der Waals surface area contributed by atoms with E-state index in [0.29, 0.717) is 12.2 Å². The van der Waals surface area contributed by atoms with Crippen LogP contribution in [0.25, 0.3) is 0 Å². The molecule has 1 aromatic rings. The van der Waals surface area contributed by atoms with Gasteiger partial charge in [0.15, 0.2) is 0 Å². The van der Waals surface area contributed by atoms with Crippen molar-refractivity contribution in [3.63, 3.8) is 0 Å². The van der Waals surface area contributed by atoms with Crippen LogP contribution in [0.4, 0.5) is 0 Å². The molecule has 0 atom stereocenters. The standard InChI is InChI=1S/C12H15NO2/c13-10-11-4-6-12(7-5-11)15-9-3-1-2-8-14/h4-7,14H,1-3,8-9H2. The van der Waals surface area contributed by atoms with E-state index in [9.17, 15) is 0 Å². The first-order chi connectivity index (χ1) is 7.36. The molecule has 0 saturated carbocycles. The minimum Gasteiger partial charge on any atom is -0.494 e. The fraction of sp³-hybridized carbons (Fsp3) is 0.417. The topological polar surface area (TPSA) is 53.2 Å². The van der Waals surface area contributed by atoms with Gasteiger partial charge < -0.3 is 9.84 Å². The van der Waals surface area contributed by atoms with Gasteiger partial charge in [-0.25, -0.2) is 0 Å². The maximum atomic E-state index is 8.59. The second-order valence-electron chi connectivity index (χ2n) is 3.27. The number of ether oxygens (including phenoxy) is 1. The molecule has 0 spiro atoms. The summed E-state index contributed by atoms with van der Waals surface area (Å²) < 4.78 is 5.46. The first-order valence-corrected chi connectivity index (χ1v) is 5.10. The van der Waals surface area contributed by atoms with Crippen molar-refractivity contribution in [2.24, 2.45) is 0 Å². The Hall–Kier alpha value is -1.53. The van der Waals surface area contributed by atoms with Crippen molar-refractivity contribution in [2.75, 3.05) is 13.2 Å². The van der Waals surface area contributed by atoms with Crippen LogP contribution in [0.3, 0.4) is 0 Å². The summed E-state index contributed by atoms with van der Waals surface area (Å²) in [7, 11) is 0. The summed E-state index contributed by atoms with van der Waals surface area (Å²) in [5.41, 5.74) is 0.641. The lowest BCUT2D eigenvalue weighted by Gasteiger charge is -2.05. The fourth-order valence-corrected chi connectivity index (χ4v) is 1.21. The van der Waals surface area contributed by atoms with Crippen LogP contribution in [0.1, 0.15) is 24.8 Å². The van der Waals surface area contributed by atoms with E-state index in [1.807, 2.05) is 0 Å². The lowest BCUT2D eigenvalue weighted by atomic mass is 10.2. The number of aliphatic hydroxyl groups is 1. The first kappa shape index (κ1) is 11.5. The third-order valence-electron chi connectivity index (χ3n) is 2.05. The molecule has 0 amide bonds. The number of nitriles is 1. The van der Waals surface area contributed by atoms with Crippen LogP contribution in [0.15, 0.2) is 24.3 Å². The predicted molar refractivity (Wildman–Crippen MR) is 57.6 cm³/mol. The van der Waals surface area contributed by atoms with Crippen LogP contribution in [0, 0.1) is 11.3 Å². The highest BCUT2D eigenvalue weighted by molar-refractivity contribution is 5.34. The van der Waals surface area contributed by atoms with E-state index in [4.69, 9.17) is 15.1 Å². The van der Waals surface area contributed by atoms with Crippen molar-refractivity contribution in [3.8, 4) is 11.8 Å². The minimum absolute atomic E-state index is 0.247. The number of hydrogen-bond acceptors (Lipinski definition) is 3. The van der Waals surface area contributed by atoms with Crippen LogP contribution in [0.2, 0.25) is 0 Å². The molecule has 0 aliphatic carbocycles. The maximum Gasteiger partial charge on any atom is 0.119 e. The zero-order valence-corrected chi connectivity index (χ0v) is 8.65. The number of nitrogens with zero attached hydrogens (tertiary/aromatic N) is 1. The highest BCUT2D eigenvalue weighted by Gasteiger charge is 1.94. The normalized spacial score (nSPS) is 9.60. The maximum absolute atomic E-state index is 8.59. The molecule has 0 aliphatic heterocycles. The molecule has 0 aromatic heterocycles. The van der Waals surface area contributed by atoms with Crippen LogP contribution >= 0.6 is 0 Å². The van der Waals surface area contributed by atoms with E-state index < -0.39 is 0 Å². The van der Waals surface area contributed by atoms with Crippen molar-refractivity contribution < 1.29 is 9.84 Å². The third-order valence-corrected chi connectivity index (χ3v) is 2.05. The lowest BCUT2D eigenvalue weighted by Crippen LogP contribution is -1.97. The number of hydrogen-bond donors (Lipinski definition) is 1. The molecule has 3 heteroatoms. The SMILES string of the molecule is N#Cc1ccc(OCCCCCO)cc1. The van der Waals surface area contributed by atoms with Gasteiger partial charge >= 0.3 is 0 Å². The Kier molecular flexibility index (Phi) is 5.28. The Balaban J connectivity index is 2.23. The second-order valence-corrected chi connectivity index (χ2v) is 3.27. The molecule has 0 radical (unpaired) electrons. The van der Waals surface area contributed by atoms with E-state index in [0.717, 1.165) is 25.0 Å². The van der Waals surface area contributed by atoms with Crippen LogP contribution in [-0.2, 0) is 0 Å². The van der Waals surface area contributed by atoms with E-state index in [2.05, 4.69) is 6.07 Å². The zero-order valence-electron chi connectivity index (χ0n) is 8.65. The predicted octanol–water partition coefficient (Wildman–Crippen LogP) is 2.10. The molecule has 0 bridgehead atoms. The average molecular weight is 205 g/mol. The van der Waals surface area contributed by atoms with Gasteiger partial charge in [0.05, 0.1) is 18.2 Å². The monoisotopic (exact) mass is 205 g/mol. The summed E-state index contributed by atoms with van der Waals surface area (Å²) in [4.78, 5) is 0. The summed E-state index contributed by atoms with van der Waals surface area (Å²) in [6.45, 7) is 0.906.